The van der Waals surface area contributed by atoms with Gasteiger partial charge in [-0.2, -0.15) is 5.10 Å². The van der Waals surface area contributed by atoms with Crippen molar-refractivity contribution in [3.8, 4) is 11.5 Å². The summed E-state index contributed by atoms with van der Waals surface area (Å²) in [6, 6.07) is 14.1. The van der Waals surface area contributed by atoms with Gasteiger partial charge in [0, 0.05) is 5.02 Å². The number of nitrogens with one attached hydrogen (secondary N) is 1. The van der Waals surface area contributed by atoms with Crippen LogP contribution in [0.3, 0.4) is 0 Å². The van der Waals surface area contributed by atoms with E-state index in [0.717, 1.165) is 12.2 Å². The number of nitrogens with zero attached hydrogens (tertiary/aromatic N) is 2. The summed E-state index contributed by atoms with van der Waals surface area (Å²) >= 11 is 18.1. The molecule has 2 aromatic carbocycles. The van der Waals surface area contributed by atoms with E-state index in [9.17, 15) is 4.79 Å². The number of ether oxygens (including phenoxy) is 2. The van der Waals surface area contributed by atoms with Crippen LogP contribution in [0.4, 0.5) is 5.69 Å². The fourth-order valence-corrected chi connectivity index (χ4v) is 3.97. The zero-order chi connectivity index (χ0) is 24.1. The fourth-order valence-electron chi connectivity index (χ4n) is 3.04. The molecule has 0 bridgehead atoms. The van der Waals surface area contributed by atoms with Crippen LogP contribution < -0.4 is 14.8 Å². The zero-order valence-electron chi connectivity index (χ0n) is 18.1. The van der Waals surface area contributed by atoms with E-state index in [1.54, 1.807) is 23.0 Å². The van der Waals surface area contributed by atoms with Crippen molar-refractivity contribution < 1.29 is 18.7 Å². The standard InChI is InChI=1S/C24H20Cl3N3O4/c1-2-15-3-5-18(6-4-15)33-14-30-12-17(11-28-30)29-24(31)22-8-7-19(34-22)13-32-23-20(26)9-16(25)10-21(23)27/h3-12H,2,13-14H2,1H3,(H,29,31). The molecule has 0 aliphatic heterocycles. The number of halogens is 3. The Balaban J connectivity index is 1.30. The van der Waals surface area contributed by atoms with E-state index >= 15 is 0 Å². The van der Waals surface area contributed by atoms with Gasteiger partial charge in [0.05, 0.1) is 28.1 Å². The van der Waals surface area contributed by atoms with Crippen molar-refractivity contribution in [2.75, 3.05) is 5.32 Å². The second kappa shape index (κ2) is 10.9. The van der Waals surface area contributed by atoms with Crippen molar-refractivity contribution in [1.29, 1.82) is 0 Å². The summed E-state index contributed by atoms with van der Waals surface area (Å²) in [5.74, 6) is 1.14. The first-order chi connectivity index (χ1) is 16.4. The molecule has 176 valence electrons. The van der Waals surface area contributed by atoms with Gasteiger partial charge in [-0.25, -0.2) is 4.68 Å². The van der Waals surface area contributed by atoms with Crippen molar-refractivity contribution in [1.82, 2.24) is 9.78 Å². The maximum Gasteiger partial charge on any atom is 0.291 e. The molecule has 10 heteroatoms. The molecule has 0 aliphatic rings. The first-order valence-electron chi connectivity index (χ1n) is 10.3. The van der Waals surface area contributed by atoms with Gasteiger partial charge in [-0.15, -0.1) is 0 Å². The maximum atomic E-state index is 12.5. The zero-order valence-corrected chi connectivity index (χ0v) is 20.3. The van der Waals surface area contributed by atoms with Crippen LogP contribution in [0.5, 0.6) is 11.5 Å². The van der Waals surface area contributed by atoms with Gasteiger partial charge in [-0.3, -0.25) is 4.79 Å². The largest absolute Gasteiger partial charge is 0.483 e. The Morgan fingerprint density at radius 1 is 1.06 bits per heavy atom. The molecule has 4 rings (SSSR count). The number of amides is 1. The third kappa shape index (κ3) is 6.05. The van der Waals surface area contributed by atoms with Crippen molar-refractivity contribution in [3.05, 3.63) is 93.1 Å². The van der Waals surface area contributed by atoms with Crippen LogP contribution in [-0.4, -0.2) is 15.7 Å². The summed E-state index contributed by atoms with van der Waals surface area (Å²) in [5.41, 5.74) is 1.74. The predicted octanol–water partition coefficient (Wildman–Crippen LogP) is 6.87. The summed E-state index contributed by atoms with van der Waals surface area (Å²) in [5, 5.41) is 7.89. The minimum Gasteiger partial charge on any atom is -0.483 e. The Morgan fingerprint density at radius 2 is 1.79 bits per heavy atom. The molecule has 4 aromatic rings. The molecular formula is C24H20Cl3N3O4. The average Bonchev–Trinajstić information content (AvgIpc) is 3.47. The number of furan rings is 1. The summed E-state index contributed by atoms with van der Waals surface area (Å²) in [6.45, 7) is 2.34. The minimum absolute atomic E-state index is 0.0306. The number of hydrogen-bond donors (Lipinski definition) is 1. The topological polar surface area (TPSA) is 78.5 Å². The maximum absolute atomic E-state index is 12.5. The molecule has 0 fully saturated rings. The molecule has 0 aliphatic carbocycles. The number of aryl methyl sites for hydroxylation is 1. The lowest BCUT2D eigenvalue weighted by Crippen LogP contribution is -2.10. The number of carbonyl (C=O) groups excluding carboxylic acids is 1. The first kappa shape index (κ1) is 24.0. The van der Waals surface area contributed by atoms with Gasteiger partial charge in [0.2, 0.25) is 0 Å². The monoisotopic (exact) mass is 519 g/mol. The molecule has 2 aromatic heterocycles. The second-order valence-corrected chi connectivity index (χ2v) is 8.50. The van der Waals surface area contributed by atoms with Crippen LogP contribution in [0.25, 0.3) is 0 Å². The van der Waals surface area contributed by atoms with E-state index in [1.807, 2.05) is 24.3 Å². The van der Waals surface area contributed by atoms with Gasteiger partial charge in [-0.1, -0.05) is 53.9 Å². The third-order valence-electron chi connectivity index (χ3n) is 4.79. The molecule has 0 radical (unpaired) electrons. The number of carbonyl (C=O) groups is 1. The number of benzene rings is 2. The molecule has 1 amide bonds. The van der Waals surface area contributed by atoms with E-state index in [0.29, 0.717) is 16.5 Å². The van der Waals surface area contributed by atoms with Gasteiger partial charge < -0.3 is 19.2 Å². The molecule has 2 heterocycles. The minimum atomic E-state index is -0.426. The quantitative estimate of drug-likeness (QED) is 0.261. The number of rotatable bonds is 9. The van der Waals surface area contributed by atoms with Crippen molar-refractivity contribution >= 4 is 46.4 Å². The summed E-state index contributed by atoms with van der Waals surface area (Å²) < 4.78 is 18.5. The number of anilines is 1. The molecule has 34 heavy (non-hydrogen) atoms. The van der Waals surface area contributed by atoms with Crippen LogP contribution in [0.15, 0.2) is 65.3 Å². The van der Waals surface area contributed by atoms with Gasteiger partial charge in [-0.05, 0) is 48.4 Å². The Hall–Kier alpha value is -3.13. The average molecular weight is 521 g/mol. The molecule has 0 saturated heterocycles. The SMILES string of the molecule is CCc1ccc(OCn2cc(NC(=O)c3ccc(COc4c(Cl)cc(Cl)cc4Cl)o3)cn2)cc1. The number of hydrogen-bond acceptors (Lipinski definition) is 5. The molecule has 0 spiro atoms. The van der Waals surface area contributed by atoms with Gasteiger partial charge in [0.1, 0.15) is 18.1 Å². The highest BCUT2D eigenvalue weighted by molar-refractivity contribution is 6.40. The van der Waals surface area contributed by atoms with Crippen LogP contribution in [0.1, 0.15) is 28.8 Å². The van der Waals surface area contributed by atoms with Gasteiger partial charge in [0.25, 0.3) is 5.91 Å². The Morgan fingerprint density at radius 3 is 2.50 bits per heavy atom. The van der Waals surface area contributed by atoms with Crippen molar-refractivity contribution in [3.63, 3.8) is 0 Å². The molecular weight excluding hydrogens is 501 g/mol. The second-order valence-electron chi connectivity index (χ2n) is 7.25. The lowest BCUT2D eigenvalue weighted by Gasteiger charge is -2.09. The Labute approximate surface area is 211 Å². The van der Waals surface area contributed by atoms with Crippen molar-refractivity contribution in [2.45, 2.75) is 26.7 Å². The smallest absolute Gasteiger partial charge is 0.291 e. The highest BCUT2D eigenvalue weighted by atomic mass is 35.5. The molecule has 7 nitrogen and oxygen atoms in total. The summed E-state index contributed by atoms with van der Waals surface area (Å²) in [4.78, 5) is 12.5. The molecule has 0 atom stereocenters. The first-order valence-corrected chi connectivity index (χ1v) is 11.5. The van der Waals surface area contributed by atoms with E-state index in [4.69, 9.17) is 48.7 Å². The Kier molecular flexibility index (Phi) is 7.67. The van der Waals surface area contributed by atoms with E-state index in [2.05, 4.69) is 17.3 Å². The van der Waals surface area contributed by atoms with E-state index < -0.39 is 5.91 Å². The predicted molar refractivity (Wildman–Crippen MR) is 131 cm³/mol. The van der Waals surface area contributed by atoms with Crippen LogP contribution in [-0.2, 0) is 19.8 Å². The lowest BCUT2D eigenvalue weighted by atomic mass is 10.2. The van der Waals surface area contributed by atoms with Crippen molar-refractivity contribution in [2.24, 2.45) is 0 Å². The van der Waals surface area contributed by atoms with Crippen LogP contribution in [0, 0.1) is 0 Å². The normalized spacial score (nSPS) is 10.8. The van der Waals surface area contributed by atoms with E-state index in [-0.39, 0.29) is 34.9 Å². The number of aromatic nitrogens is 2. The van der Waals surface area contributed by atoms with Crippen LogP contribution in [0.2, 0.25) is 15.1 Å². The third-order valence-corrected chi connectivity index (χ3v) is 5.57. The lowest BCUT2D eigenvalue weighted by molar-refractivity contribution is 0.0992. The Bertz CT molecular complexity index is 1260. The van der Waals surface area contributed by atoms with E-state index in [1.165, 1.54) is 23.9 Å². The molecule has 0 saturated carbocycles. The fraction of sp³-hybridized carbons (Fsp3) is 0.167. The molecule has 0 unspecified atom stereocenters. The summed E-state index contributed by atoms with van der Waals surface area (Å²) in [6.07, 6.45) is 4.16. The van der Waals surface area contributed by atoms with Gasteiger partial charge in [0.15, 0.2) is 18.2 Å². The summed E-state index contributed by atoms with van der Waals surface area (Å²) in [7, 11) is 0. The van der Waals surface area contributed by atoms with Crippen LogP contribution >= 0.6 is 34.8 Å². The van der Waals surface area contributed by atoms with Gasteiger partial charge >= 0.3 is 0 Å². The highest BCUT2D eigenvalue weighted by Crippen LogP contribution is 2.36. The molecule has 1 N–H and O–H groups in total. The highest BCUT2D eigenvalue weighted by Gasteiger charge is 2.15.